The van der Waals surface area contributed by atoms with E-state index in [1.807, 2.05) is 0 Å². The van der Waals surface area contributed by atoms with E-state index in [9.17, 15) is 9.59 Å². The molecule has 0 spiro atoms. The minimum Gasteiger partial charge on any atom is -0.495 e. The molecule has 0 heterocycles. The van der Waals surface area contributed by atoms with Crippen molar-refractivity contribution in [1.82, 2.24) is 0 Å². The van der Waals surface area contributed by atoms with Crippen molar-refractivity contribution in [2.45, 2.75) is 53.1 Å². The first kappa shape index (κ1) is 21.2. The molecule has 3 atom stereocenters. The molecule has 27 heavy (non-hydrogen) atoms. The largest absolute Gasteiger partial charge is 0.495 e. The summed E-state index contributed by atoms with van der Waals surface area (Å²) in [6.07, 6.45) is 3.49. The Balaban J connectivity index is 1.99. The van der Waals surface area contributed by atoms with Crippen LogP contribution in [0, 0.1) is 17.8 Å². The fourth-order valence-electron chi connectivity index (χ4n) is 3.76. The van der Waals surface area contributed by atoms with E-state index in [0.717, 1.165) is 12.8 Å². The Labute approximate surface area is 162 Å². The topological polar surface area (TPSA) is 76.7 Å². The van der Waals surface area contributed by atoms with Gasteiger partial charge in [-0.25, -0.2) is 0 Å². The van der Waals surface area contributed by atoms with Crippen molar-refractivity contribution in [3.8, 4) is 5.75 Å². The van der Waals surface area contributed by atoms with Crippen LogP contribution in [0.1, 0.15) is 47.0 Å². The molecule has 6 nitrogen and oxygen atoms in total. The van der Waals surface area contributed by atoms with E-state index in [1.165, 1.54) is 20.5 Å². The Morgan fingerprint density at radius 1 is 1.22 bits per heavy atom. The van der Waals surface area contributed by atoms with Gasteiger partial charge in [0.05, 0.1) is 18.9 Å². The summed E-state index contributed by atoms with van der Waals surface area (Å²) in [6.45, 7) is 8.12. The lowest BCUT2D eigenvalue weighted by Crippen LogP contribution is -2.36. The van der Waals surface area contributed by atoms with Gasteiger partial charge in [-0.2, -0.15) is 0 Å². The number of nitrogens with one attached hydrogen (secondary N) is 2. The Bertz CT molecular complexity index is 660. The van der Waals surface area contributed by atoms with Crippen LogP contribution in [0.5, 0.6) is 5.75 Å². The highest BCUT2D eigenvalue weighted by molar-refractivity contribution is 5.95. The molecule has 0 bridgehead atoms. The molecule has 150 valence electrons. The van der Waals surface area contributed by atoms with Crippen molar-refractivity contribution in [2.75, 3.05) is 24.4 Å². The molecule has 1 aliphatic carbocycles. The second kappa shape index (κ2) is 9.74. The number of rotatable bonds is 7. The molecule has 0 saturated heterocycles. The average molecular weight is 376 g/mol. The van der Waals surface area contributed by atoms with Crippen molar-refractivity contribution < 1.29 is 19.1 Å². The summed E-state index contributed by atoms with van der Waals surface area (Å²) >= 11 is 0. The maximum Gasteiger partial charge on any atom is 0.250 e. The van der Waals surface area contributed by atoms with E-state index in [-0.39, 0.29) is 24.5 Å². The smallest absolute Gasteiger partial charge is 0.250 e. The van der Waals surface area contributed by atoms with Gasteiger partial charge in [-0.05, 0) is 48.8 Å². The number of hydrogen-bond acceptors (Lipinski definition) is 4. The molecule has 1 aromatic rings. The maximum atomic E-state index is 12.4. The monoisotopic (exact) mass is 376 g/mol. The molecule has 0 aromatic heterocycles. The molecule has 1 aromatic carbocycles. The number of hydrogen-bond donors (Lipinski definition) is 2. The Morgan fingerprint density at radius 2 is 1.96 bits per heavy atom. The number of anilines is 2. The van der Waals surface area contributed by atoms with Gasteiger partial charge in [0.1, 0.15) is 12.4 Å². The molecule has 6 heteroatoms. The summed E-state index contributed by atoms with van der Waals surface area (Å²) in [5, 5.41) is 5.53. The van der Waals surface area contributed by atoms with Gasteiger partial charge >= 0.3 is 0 Å². The molecule has 2 rings (SSSR count). The fraction of sp³-hybridized carbons (Fsp3) is 0.619. The van der Waals surface area contributed by atoms with Gasteiger partial charge in [-0.3, -0.25) is 9.59 Å². The molecular formula is C21H32N2O4. The van der Waals surface area contributed by atoms with Crippen LogP contribution in [0.3, 0.4) is 0 Å². The summed E-state index contributed by atoms with van der Waals surface area (Å²) in [6, 6.07) is 5.11. The lowest BCUT2D eigenvalue weighted by atomic mass is 9.75. The normalized spacial score (nSPS) is 22.4. The molecule has 1 aliphatic rings. The van der Waals surface area contributed by atoms with E-state index in [1.54, 1.807) is 18.2 Å². The fourth-order valence-corrected chi connectivity index (χ4v) is 3.76. The number of benzene rings is 1. The predicted octanol–water partition coefficient (Wildman–Crippen LogP) is 4.07. The van der Waals surface area contributed by atoms with Crippen molar-refractivity contribution in [1.29, 1.82) is 0 Å². The van der Waals surface area contributed by atoms with Crippen molar-refractivity contribution in [3.05, 3.63) is 18.2 Å². The van der Waals surface area contributed by atoms with Crippen molar-refractivity contribution in [3.63, 3.8) is 0 Å². The summed E-state index contributed by atoms with van der Waals surface area (Å²) < 4.78 is 11.3. The standard InChI is InChI=1S/C21H32N2O4/c1-13(2)17-8-6-14(3)10-20(17)27-12-21(25)23-18-11-16(22-15(4)24)7-9-19(18)26-5/h7,9,11,13-14,17,20H,6,8,10,12H2,1-5H3,(H,22,24)(H,23,25)/t14-,17+,20-/m1/s1. The summed E-state index contributed by atoms with van der Waals surface area (Å²) in [5.41, 5.74) is 1.11. The quantitative estimate of drug-likeness (QED) is 0.752. The van der Waals surface area contributed by atoms with E-state index < -0.39 is 0 Å². The van der Waals surface area contributed by atoms with Crippen LogP contribution in [-0.2, 0) is 14.3 Å². The van der Waals surface area contributed by atoms with Gasteiger partial charge in [0, 0.05) is 12.6 Å². The van der Waals surface area contributed by atoms with Crippen LogP contribution in [0.2, 0.25) is 0 Å². The maximum absolute atomic E-state index is 12.4. The predicted molar refractivity (Wildman–Crippen MR) is 107 cm³/mol. The van der Waals surface area contributed by atoms with E-state index in [0.29, 0.717) is 34.9 Å². The Kier molecular flexibility index (Phi) is 7.66. The number of methoxy groups -OCH3 is 1. The highest BCUT2D eigenvalue weighted by Crippen LogP contribution is 2.35. The van der Waals surface area contributed by atoms with Gasteiger partial charge < -0.3 is 20.1 Å². The molecule has 0 aliphatic heterocycles. The highest BCUT2D eigenvalue weighted by Gasteiger charge is 2.31. The minimum atomic E-state index is -0.228. The van der Waals surface area contributed by atoms with Gasteiger partial charge in [0.25, 0.3) is 0 Å². The zero-order valence-electron chi connectivity index (χ0n) is 17.0. The van der Waals surface area contributed by atoms with E-state index >= 15 is 0 Å². The highest BCUT2D eigenvalue weighted by atomic mass is 16.5. The van der Waals surface area contributed by atoms with Crippen molar-refractivity contribution >= 4 is 23.2 Å². The van der Waals surface area contributed by atoms with Crippen LogP contribution in [0.4, 0.5) is 11.4 Å². The zero-order chi connectivity index (χ0) is 20.0. The van der Waals surface area contributed by atoms with Gasteiger partial charge in [-0.15, -0.1) is 0 Å². The SMILES string of the molecule is COc1ccc(NC(C)=O)cc1NC(=O)CO[C@@H]1C[C@H](C)CC[C@H]1C(C)C. The molecular weight excluding hydrogens is 344 g/mol. The number of carbonyl (C=O) groups excluding carboxylic acids is 2. The zero-order valence-corrected chi connectivity index (χ0v) is 17.0. The van der Waals surface area contributed by atoms with E-state index in [4.69, 9.17) is 9.47 Å². The third kappa shape index (κ3) is 6.24. The average Bonchev–Trinajstić information content (AvgIpc) is 2.59. The van der Waals surface area contributed by atoms with Crippen LogP contribution < -0.4 is 15.4 Å². The summed E-state index contributed by atoms with van der Waals surface area (Å²) in [7, 11) is 1.54. The lowest BCUT2D eigenvalue weighted by Gasteiger charge is -2.37. The Morgan fingerprint density at radius 3 is 2.59 bits per heavy atom. The van der Waals surface area contributed by atoms with Crippen LogP contribution in [0.15, 0.2) is 18.2 Å². The molecule has 0 radical (unpaired) electrons. The number of ether oxygens (including phenoxy) is 2. The Hall–Kier alpha value is -2.08. The minimum absolute atomic E-state index is 0.00806. The molecule has 2 amide bonds. The van der Waals surface area contributed by atoms with Crippen LogP contribution in [0.25, 0.3) is 0 Å². The van der Waals surface area contributed by atoms with E-state index in [2.05, 4.69) is 31.4 Å². The lowest BCUT2D eigenvalue weighted by molar-refractivity contribution is -0.126. The van der Waals surface area contributed by atoms with Crippen molar-refractivity contribution in [2.24, 2.45) is 17.8 Å². The third-order valence-electron chi connectivity index (χ3n) is 5.18. The molecule has 1 fully saturated rings. The second-order valence-electron chi connectivity index (χ2n) is 7.82. The first-order chi connectivity index (χ1) is 12.8. The third-order valence-corrected chi connectivity index (χ3v) is 5.18. The second-order valence-corrected chi connectivity index (χ2v) is 7.82. The van der Waals surface area contributed by atoms with Crippen LogP contribution in [-0.4, -0.2) is 31.6 Å². The van der Waals surface area contributed by atoms with Crippen LogP contribution >= 0.6 is 0 Å². The van der Waals surface area contributed by atoms with Gasteiger partial charge in [0.15, 0.2) is 0 Å². The first-order valence-electron chi connectivity index (χ1n) is 9.67. The summed E-state index contributed by atoms with van der Waals surface area (Å²) in [5.74, 6) is 1.79. The number of amides is 2. The summed E-state index contributed by atoms with van der Waals surface area (Å²) in [4.78, 5) is 23.7. The molecule has 1 saturated carbocycles. The molecule has 0 unspecified atom stereocenters. The van der Waals surface area contributed by atoms with Gasteiger partial charge in [0.2, 0.25) is 11.8 Å². The first-order valence-corrected chi connectivity index (χ1v) is 9.67. The number of carbonyl (C=O) groups is 2. The molecule has 2 N–H and O–H groups in total. The van der Waals surface area contributed by atoms with Gasteiger partial charge in [-0.1, -0.05) is 27.2 Å².